The molecule has 20 heavy (non-hydrogen) atoms. The van der Waals surface area contributed by atoms with Gasteiger partial charge in [-0.1, -0.05) is 20.8 Å². The molecule has 2 N–H and O–H groups in total. The monoisotopic (exact) mass is 287 g/mol. The summed E-state index contributed by atoms with van der Waals surface area (Å²) in [6.07, 6.45) is -0.0396. The molecule has 0 saturated heterocycles. The van der Waals surface area contributed by atoms with Gasteiger partial charge >= 0.3 is 5.97 Å². The summed E-state index contributed by atoms with van der Waals surface area (Å²) < 4.78 is 10.6. The van der Waals surface area contributed by atoms with E-state index in [1.165, 1.54) is 7.11 Å². The summed E-state index contributed by atoms with van der Waals surface area (Å²) in [6.45, 7) is 7.81. The third kappa shape index (κ3) is 2.54. The average molecular weight is 287 g/mol. The minimum absolute atomic E-state index is 0.175. The first-order valence-electron chi connectivity index (χ1n) is 6.96. The molecule has 3 unspecified atom stereocenters. The molecule has 1 aliphatic rings. The van der Waals surface area contributed by atoms with Crippen molar-refractivity contribution in [2.75, 3.05) is 13.7 Å². The predicted molar refractivity (Wildman–Crippen MR) is 73.4 cm³/mol. The van der Waals surface area contributed by atoms with Gasteiger partial charge in [-0.15, -0.1) is 0 Å². The molecule has 1 amide bonds. The molecule has 3 atom stereocenters. The third-order valence-electron chi connectivity index (χ3n) is 4.41. The molecule has 0 aromatic heterocycles. The van der Waals surface area contributed by atoms with E-state index in [1.54, 1.807) is 13.8 Å². The Labute approximate surface area is 119 Å². The summed E-state index contributed by atoms with van der Waals surface area (Å²) >= 11 is 0. The highest BCUT2D eigenvalue weighted by molar-refractivity contribution is 5.91. The fraction of sp³-hybridized carbons (Fsp3) is 0.857. The predicted octanol–water partition coefficient (Wildman–Crippen LogP) is 1.19. The van der Waals surface area contributed by atoms with Crippen molar-refractivity contribution in [2.24, 2.45) is 5.41 Å². The SMILES string of the molecule is CCOC1CC(NC(=O)C(CC)OC)(C(=O)O)C1(C)C. The van der Waals surface area contributed by atoms with Crippen molar-refractivity contribution in [3.63, 3.8) is 0 Å². The van der Waals surface area contributed by atoms with Gasteiger partial charge in [-0.3, -0.25) is 4.79 Å². The third-order valence-corrected chi connectivity index (χ3v) is 4.41. The van der Waals surface area contributed by atoms with E-state index >= 15 is 0 Å². The van der Waals surface area contributed by atoms with E-state index in [0.29, 0.717) is 13.0 Å². The van der Waals surface area contributed by atoms with Crippen molar-refractivity contribution in [1.82, 2.24) is 5.32 Å². The second-order valence-corrected chi connectivity index (χ2v) is 5.70. The lowest BCUT2D eigenvalue weighted by atomic mass is 9.54. The lowest BCUT2D eigenvalue weighted by molar-refractivity contribution is -0.196. The number of carbonyl (C=O) groups is 2. The highest BCUT2D eigenvalue weighted by Gasteiger charge is 2.66. The number of rotatable bonds is 7. The molecule has 1 rings (SSSR count). The Morgan fingerprint density at radius 2 is 2.00 bits per heavy atom. The molecule has 0 radical (unpaired) electrons. The number of hydrogen-bond donors (Lipinski definition) is 2. The molecule has 0 spiro atoms. The van der Waals surface area contributed by atoms with Crippen LogP contribution in [0.25, 0.3) is 0 Å². The van der Waals surface area contributed by atoms with Gasteiger partial charge in [0.2, 0.25) is 5.91 Å². The zero-order valence-corrected chi connectivity index (χ0v) is 12.9. The lowest BCUT2D eigenvalue weighted by Gasteiger charge is -2.58. The van der Waals surface area contributed by atoms with Gasteiger partial charge in [-0.2, -0.15) is 0 Å². The molecule has 116 valence electrons. The fourth-order valence-corrected chi connectivity index (χ4v) is 2.79. The Kier molecular flexibility index (Phi) is 5.15. The quantitative estimate of drug-likeness (QED) is 0.734. The summed E-state index contributed by atoms with van der Waals surface area (Å²) in [4.78, 5) is 23.8. The molecule has 0 bridgehead atoms. The first kappa shape index (κ1) is 16.9. The van der Waals surface area contributed by atoms with Crippen LogP contribution in [0.2, 0.25) is 0 Å². The normalized spacial score (nSPS) is 29.4. The van der Waals surface area contributed by atoms with Crippen LogP contribution in [0.5, 0.6) is 0 Å². The second kappa shape index (κ2) is 6.10. The molecule has 0 heterocycles. The van der Waals surface area contributed by atoms with E-state index in [4.69, 9.17) is 9.47 Å². The molecule has 1 saturated carbocycles. The average Bonchev–Trinajstić information content (AvgIpc) is 2.38. The molecular formula is C14H25NO5. The van der Waals surface area contributed by atoms with Crippen molar-refractivity contribution < 1.29 is 24.2 Å². The van der Waals surface area contributed by atoms with Crippen LogP contribution in [-0.2, 0) is 19.1 Å². The lowest BCUT2D eigenvalue weighted by Crippen LogP contribution is -2.76. The Balaban J connectivity index is 2.92. The van der Waals surface area contributed by atoms with Gasteiger partial charge in [-0.25, -0.2) is 4.79 Å². The van der Waals surface area contributed by atoms with Crippen molar-refractivity contribution in [2.45, 2.75) is 58.3 Å². The highest BCUT2D eigenvalue weighted by atomic mass is 16.5. The standard InChI is InChI=1S/C14H25NO5/c1-6-9(19-5)11(16)15-14(12(17)18)8-10(20-7-2)13(14,3)4/h9-10H,6-8H2,1-5H3,(H,15,16)(H,17,18). The molecule has 6 nitrogen and oxygen atoms in total. The maximum absolute atomic E-state index is 12.1. The zero-order chi connectivity index (χ0) is 15.6. The van der Waals surface area contributed by atoms with Gasteiger partial charge in [0.25, 0.3) is 0 Å². The van der Waals surface area contributed by atoms with Crippen molar-refractivity contribution >= 4 is 11.9 Å². The Hall–Kier alpha value is -1.14. The maximum atomic E-state index is 12.1. The molecule has 1 fully saturated rings. The van der Waals surface area contributed by atoms with E-state index < -0.39 is 23.0 Å². The Morgan fingerprint density at radius 3 is 2.35 bits per heavy atom. The first-order valence-corrected chi connectivity index (χ1v) is 6.96. The van der Waals surface area contributed by atoms with Gasteiger partial charge in [-0.05, 0) is 13.3 Å². The van der Waals surface area contributed by atoms with Crippen LogP contribution in [0.15, 0.2) is 0 Å². The van der Waals surface area contributed by atoms with Gasteiger partial charge < -0.3 is 19.9 Å². The topological polar surface area (TPSA) is 84.9 Å². The summed E-state index contributed by atoms with van der Waals surface area (Å²) in [7, 11) is 1.44. The smallest absolute Gasteiger partial charge is 0.330 e. The minimum atomic E-state index is -1.30. The van der Waals surface area contributed by atoms with Crippen LogP contribution in [0.1, 0.15) is 40.5 Å². The summed E-state index contributed by atoms with van der Waals surface area (Å²) in [5, 5.41) is 12.2. The maximum Gasteiger partial charge on any atom is 0.330 e. The number of carbonyl (C=O) groups excluding carboxylic acids is 1. The molecule has 0 aromatic rings. The van der Waals surface area contributed by atoms with E-state index in [2.05, 4.69) is 5.32 Å². The number of amides is 1. The number of carboxylic acids is 1. The largest absolute Gasteiger partial charge is 0.479 e. The van der Waals surface area contributed by atoms with Crippen molar-refractivity contribution in [1.29, 1.82) is 0 Å². The molecular weight excluding hydrogens is 262 g/mol. The zero-order valence-electron chi connectivity index (χ0n) is 12.9. The van der Waals surface area contributed by atoms with Crippen LogP contribution < -0.4 is 5.32 Å². The number of hydrogen-bond acceptors (Lipinski definition) is 4. The van der Waals surface area contributed by atoms with Crippen molar-refractivity contribution in [3.8, 4) is 0 Å². The van der Waals surface area contributed by atoms with E-state index in [0.717, 1.165) is 0 Å². The van der Waals surface area contributed by atoms with Crippen LogP contribution >= 0.6 is 0 Å². The van der Waals surface area contributed by atoms with E-state index in [9.17, 15) is 14.7 Å². The minimum Gasteiger partial charge on any atom is -0.479 e. The molecule has 0 aromatic carbocycles. The van der Waals surface area contributed by atoms with Crippen LogP contribution in [0, 0.1) is 5.41 Å². The van der Waals surface area contributed by atoms with Gasteiger partial charge in [0, 0.05) is 25.6 Å². The number of carboxylic acid groups (broad SMARTS) is 1. The van der Waals surface area contributed by atoms with Crippen LogP contribution in [0.4, 0.5) is 0 Å². The molecule has 6 heteroatoms. The fourth-order valence-electron chi connectivity index (χ4n) is 2.79. The van der Waals surface area contributed by atoms with Crippen molar-refractivity contribution in [3.05, 3.63) is 0 Å². The number of ether oxygens (including phenoxy) is 2. The molecule has 1 aliphatic carbocycles. The van der Waals surface area contributed by atoms with Crippen LogP contribution in [0.3, 0.4) is 0 Å². The summed E-state index contributed by atoms with van der Waals surface area (Å²) in [6, 6.07) is 0. The number of aliphatic carboxylic acids is 1. The number of methoxy groups -OCH3 is 1. The van der Waals surface area contributed by atoms with Gasteiger partial charge in [0.05, 0.1) is 6.10 Å². The Bertz CT molecular complexity index is 378. The summed E-state index contributed by atoms with van der Waals surface area (Å²) in [5.41, 5.74) is -1.97. The summed E-state index contributed by atoms with van der Waals surface area (Å²) in [5.74, 6) is -1.42. The first-order chi connectivity index (χ1) is 9.26. The highest BCUT2D eigenvalue weighted by Crippen LogP contribution is 2.51. The van der Waals surface area contributed by atoms with E-state index in [-0.39, 0.29) is 18.4 Å². The second-order valence-electron chi connectivity index (χ2n) is 5.70. The van der Waals surface area contributed by atoms with Gasteiger partial charge in [0.15, 0.2) is 0 Å². The number of nitrogens with one attached hydrogen (secondary N) is 1. The Morgan fingerprint density at radius 1 is 1.40 bits per heavy atom. The van der Waals surface area contributed by atoms with E-state index in [1.807, 2.05) is 13.8 Å². The van der Waals surface area contributed by atoms with Crippen LogP contribution in [-0.4, -0.2) is 48.4 Å². The molecule has 0 aliphatic heterocycles. The van der Waals surface area contributed by atoms with Gasteiger partial charge in [0.1, 0.15) is 11.6 Å².